The Morgan fingerprint density at radius 1 is 1.30 bits per heavy atom. The van der Waals surface area contributed by atoms with Gasteiger partial charge in [-0.3, -0.25) is 0 Å². The van der Waals surface area contributed by atoms with E-state index >= 15 is 0 Å². The van der Waals surface area contributed by atoms with Gasteiger partial charge in [-0.2, -0.15) is 0 Å². The van der Waals surface area contributed by atoms with Crippen LogP contribution in [0.25, 0.3) is 0 Å². The quantitative estimate of drug-likeness (QED) is 0.812. The van der Waals surface area contributed by atoms with Crippen LogP contribution in [0, 0.1) is 5.92 Å². The largest absolute Gasteiger partial charge is 0.378 e. The highest BCUT2D eigenvalue weighted by Gasteiger charge is 2.23. The Morgan fingerprint density at radius 3 is 2.75 bits per heavy atom. The summed E-state index contributed by atoms with van der Waals surface area (Å²) in [6, 6.07) is 8.21. The Morgan fingerprint density at radius 2 is 2.10 bits per heavy atom. The second-order valence-corrected chi connectivity index (χ2v) is 6.55. The summed E-state index contributed by atoms with van der Waals surface area (Å²) in [6.07, 6.45) is 3.84. The molecule has 1 fully saturated rings. The van der Waals surface area contributed by atoms with E-state index in [-0.39, 0.29) is 0 Å². The Labute approximate surface area is 127 Å². The van der Waals surface area contributed by atoms with Crippen molar-refractivity contribution in [2.24, 2.45) is 5.92 Å². The predicted molar refractivity (Wildman–Crippen MR) is 85.5 cm³/mol. The van der Waals surface area contributed by atoms with E-state index in [9.17, 15) is 0 Å². The predicted octanol–water partition coefficient (Wildman–Crippen LogP) is 4.24. The average molecular weight is 296 g/mol. The van der Waals surface area contributed by atoms with Gasteiger partial charge in [0.2, 0.25) is 0 Å². The van der Waals surface area contributed by atoms with E-state index in [2.05, 4.69) is 31.3 Å². The van der Waals surface area contributed by atoms with E-state index < -0.39 is 0 Å². The van der Waals surface area contributed by atoms with Gasteiger partial charge in [0, 0.05) is 24.1 Å². The summed E-state index contributed by atoms with van der Waals surface area (Å²) in [5, 5.41) is 4.45. The van der Waals surface area contributed by atoms with Crippen molar-refractivity contribution in [1.29, 1.82) is 0 Å². The van der Waals surface area contributed by atoms with Crippen LogP contribution in [-0.4, -0.2) is 25.8 Å². The van der Waals surface area contributed by atoms with Crippen LogP contribution in [0.1, 0.15) is 44.6 Å². The number of benzene rings is 1. The number of nitrogens with one attached hydrogen (secondary N) is 1. The number of halogens is 1. The lowest BCUT2D eigenvalue weighted by Gasteiger charge is -2.23. The van der Waals surface area contributed by atoms with Gasteiger partial charge in [-0.05, 0) is 43.4 Å². The molecule has 0 aromatic heterocycles. The van der Waals surface area contributed by atoms with Gasteiger partial charge in [-0.1, -0.05) is 43.6 Å². The van der Waals surface area contributed by atoms with Crippen LogP contribution < -0.4 is 5.32 Å². The molecular weight excluding hydrogens is 270 g/mol. The highest BCUT2D eigenvalue weighted by molar-refractivity contribution is 6.31. The molecule has 2 nitrogen and oxygen atoms in total. The smallest absolute Gasteiger partial charge is 0.0582 e. The van der Waals surface area contributed by atoms with Crippen molar-refractivity contribution in [3.63, 3.8) is 0 Å². The van der Waals surface area contributed by atoms with Crippen LogP contribution in [0.3, 0.4) is 0 Å². The summed E-state index contributed by atoms with van der Waals surface area (Å²) in [5.74, 6) is 1.11. The van der Waals surface area contributed by atoms with Gasteiger partial charge in [0.1, 0.15) is 0 Å². The number of hydrogen-bond donors (Lipinski definition) is 1. The Bertz CT molecular complexity index is 402. The molecule has 0 radical (unpaired) electrons. The van der Waals surface area contributed by atoms with E-state index in [1.165, 1.54) is 18.4 Å². The monoisotopic (exact) mass is 295 g/mol. The molecule has 0 bridgehead atoms. The van der Waals surface area contributed by atoms with Crippen LogP contribution in [0.5, 0.6) is 0 Å². The first kappa shape index (κ1) is 15.8. The number of hydrogen-bond acceptors (Lipinski definition) is 2. The molecule has 1 heterocycles. The van der Waals surface area contributed by atoms with E-state index in [1.807, 2.05) is 12.1 Å². The van der Waals surface area contributed by atoms with Crippen molar-refractivity contribution < 1.29 is 4.74 Å². The van der Waals surface area contributed by atoms with Crippen molar-refractivity contribution in [3.05, 3.63) is 34.9 Å². The summed E-state index contributed by atoms with van der Waals surface area (Å²) in [6.45, 7) is 7.41. The maximum absolute atomic E-state index is 6.38. The summed E-state index contributed by atoms with van der Waals surface area (Å²) in [4.78, 5) is 0. The first-order valence-corrected chi connectivity index (χ1v) is 8.11. The van der Waals surface area contributed by atoms with E-state index in [1.54, 1.807) is 0 Å². The maximum atomic E-state index is 6.38. The van der Waals surface area contributed by atoms with Crippen LogP contribution in [0.15, 0.2) is 24.3 Å². The van der Waals surface area contributed by atoms with E-state index in [0.717, 1.165) is 31.1 Å². The molecule has 2 rings (SSSR count). The lowest BCUT2D eigenvalue weighted by Crippen LogP contribution is -2.27. The lowest BCUT2D eigenvalue weighted by molar-refractivity contribution is 0.0976. The second kappa shape index (κ2) is 8.02. The van der Waals surface area contributed by atoms with Gasteiger partial charge < -0.3 is 10.1 Å². The summed E-state index contributed by atoms with van der Waals surface area (Å²) in [7, 11) is 0. The third-order valence-corrected chi connectivity index (χ3v) is 4.20. The third kappa shape index (κ3) is 4.76. The topological polar surface area (TPSA) is 21.3 Å². The molecule has 20 heavy (non-hydrogen) atoms. The fraction of sp³-hybridized carbons (Fsp3) is 0.647. The van der Waals surface area contributed by atoms with Crippen LogP contribution in [0.2, 0.25) is 5.02 Å². The Hall–Kier alpha value is -0.570. The molecule has 1 saturated heterocycles. The molecule has 0 amide bonds. The zero-order valence-electron chi connectivity index (χ0n) is 12.6. The van der Waals surface area contributed by atoms with Crippen LogP contribution in [-0.2, 0) is 4.74 Å². The normalized spacial score (nSPS) is 20.5. The summed E-state index contributed by atoms with van der Waals surface area (Å²) >= 11 is 6.38. The molecule has 112 valence electrons. The molecule has 1 N–H and O–H groups in total. The second-order valence-electron chi connectivity index (χ2n) is 6.14. The SMILES string of the molecule is CC(C)CNCC(CC1CCCO1)c1ccccc1Cl. The Kier molecular flexibility index (Phi) is 6.34. The lowest BCUT2D eigenvalue weighted by atomic mass is 9.92. The molecule has 1 aliphatic rings. The molecule has 1 aromatic carbocycles. The molecule has 0 saturated carbocycles. The minimum Gasteiger partial charge on any atom is -0.378 e. The molecule has 0 spiro atoms. The highest BCUT2D eigenvalue weighted by atomic mass is 35.5. The summed E-state index contributed by atoms with van der Waals surface area (Å²) in [5.41, 5.74) is 1.25. The van der Waals surface area contributed by atoms with E-state index in [4.69, 9.17) is 16.3 Å². The summed E-state index contributed by atoms with van der Waals surface area (Å²) < 4.78 is 5.80. The van der Waals surface area contributed by atoms with Gasteiger partial charge in [-0.25, -0.2) is 0 Å². The van der Waals surface area contributed by atoms with Gasteiger partial charge in [0.05, 0.1) is 6.10 Å². The highest BCUT2D eigenvalue weighted by Crippen LogP contribution is 2.30. The first-order valence-electron chi connectivity index (χ1n) is 7.73. The van der Waals surface area contributed by atoms with Crippen molar-refractivity contribution in [1.82, 2.24) is 5.32 Å². The van der Waals surface area contributed by atoms with E-state index in [0.29, 0.717) is 17.9 Å². The Balaban J connectivity index is 2.00. The number of ether oxygens (including phenoxy) is 1. The molecule has 1 aromatic rings. The maximum Gasteiger partial charge on any atom is 0.0582 e. The van der Waals surface area contributed by atoms with Gasteiger partial charge >= 0.3 is 0 Å². The van der Waals surface area contributed by atoms with Crippen molar-refractivity contribution in [2.75, 3.05) is 19.7 Å². The fourth-order valence-corrected chi connectivity index (χ4v) is 3.11. The van der Waals surface area contributed by atoms with Gasteiger partial charge in [-0.15, -0.1) is 0 Å². The zero-order chi connectivity index (χ0) is 14.4. The van der Waals surface area contributed by atoms with Crippen molar-refractivity contribution in [3.8, 4) is 0 Å². The van der Waals surface area contributed by atoms with Gasteiger partial charge in [0.25, 0.3) is 0 Å². The van der Waals surface area contributed by atoms with Crippen LogP contribution >= 0.6 is 11.6 Å². The van der Waals surface area contributed by atoms with Gasteiger partial charge in [0.15, 0.2) is 0 Å². The first-order chi connectivity index (χ1) is 9.66. The average Bonchev–Trinajstić information content (AvgIpc) is 2.91. The minimum absolute atomic E-state index is 0.400. The molecular formula is C17H26ClNO. The third-order valence-electron chi connectivity index (χ3n) is 3.86. The van der Waals surface area contributed by atoms with Crippen LogP contribution in [0.4, 0.5) is 0 Å². The zero-order valence-corrected chi connectivity index (χ0v) is 13.3. The number of rotatable bonds is 7. The molecule has 0 aliphatic carbocycles. The molecule has 3 heteroatoms. The molecule has 1 aliphatic heterocycles. The van der Waals surface area contributed by atoms with Crippen molar-refractivity contribution >= 4 is 11.6 Å². The minimum atomic E-state index is 0.400. The molecule has 2 unspecified atom stereocenters. The molecule has 2 atom stereocenters. The fourth-order valence-electron chi connectivity index (χ4n) is 2.82. The van der Waals surface area contributed by atoms with Crippen molar-refractivity contribution in [2.45, 2.75) is 45.1 Å². The standard InChI is InChI=1S/C17H26ClNO/c1-13(2)11-19-12-14(10-15-6-5-9-20-15)16-7-3-4-8-17(16)18/h3-4,7-8,13-15,19H,5-6,9-12H2,1-2H3.